The average Bonchev–Trinajstić information content (AvgIpc) is 3.92. The molecule has 6 fully saturated rings. The number of aromatic nitrogens is 1. The van der Waals surface area contributed by atoms with Crippen LogP contribution in [-0.2, 0) is 48.0 Å². The molecule has 3 aromatic rings. The molecule has 7 atom stereocenters. The van der Waals surface area contributed by atoms with E-state index in [2.05, 4.69) is 74.0 Å². The van der Waals surface area contributed by atoms with Crippen LogP contribution in [0.25, 0.3) is 10.9 Å². The second-order valence-corrected chi connectivity index (χ2v) is 22.3. The van der Waals surface area contributed by atoms with E-state index < -0.39 is 14.8 Å². The maximum absolute atomic E-state index is 12.1. The number of hydrogen-bond acceptors (Lipinski definition) is 9. The van der Waals surface area contributed by atoms with Crippen molar-refractivity contribution in [2.24, 2.45) is 0 Å². The number of esters is 2. The maximum atomic E-state index is 12.1. The predicted molar refractivity (Wildman–Crippen MR) is 271 cm³/mol. The van der Waals surface area contributed by atoms with E-state index in [0.29, 0.717) is 24.9 Å². The fraction of sp³-hybridized carbons (Fsp3) is 0.724. The van der Waals surface area contributed by atoms with E-state index in [9.17, 15) is 9.59 Å². The molecule has 4 saturated heterocycles. The number of nitrogens with zero attached hydrogens (tertiary/aromatic N) is 4. The minimum absolute atomic E-state index is 0.0839. The standard InChI is InChI=1S/C29H44N2O2.C29H42N2O2.Mn.2O/c2*1-33-29(32)18-22-21-30(28-17-10-9-16-27(22)28)26-19-24-14-11-15-25(20-26)31(24)23-12-7-5-3-2-4-6-8-13-23;;;/h9-10,16-17,22-26H,2-8,11-15,18-21H2,1H3;9-10,16-17,21,23-26H,2-8,11-15,18-20H2,1H3;;;/t22?,24-,25+,26?;24-,25+,26?;;;. The number of methoxy groups -OCH3 is 2. The Hall–Kier alpha value is -3.24. The molecule has 69 heavy (non-hydrogen) atoms. The fourth-order valence-electron chi connectivity index (χ4n) is 14.9. The number of ether oxygens (including phenoxy) is 2. The van der Waals surface area contributed by atoms with Crippen molar-refractivity contribution in [2.45, 2.75) is 247 Å². The van der Waals surface area contributed by atoms with Gasteiger partial charge in [0, 0.05) is 83.6 Å². The summed E-state index contributed by atoms with van der Waals surface area (Å²) >= 11 is -1.44. The molecule has 0 amide bonds. The first-order valence-corrected chi connectivity index (χ1v) is 28.9. The van der Waals surface area contributed by atoms with E-state index in [1.807, 2.05) is 0 Å². The molecular formula is C58H86MnN4O6. The Morgan fingerprint density at radius 3 is 1.46 bits per heavy atom. The van der Waals surface area contributed by atoms with Crippen LogP contribution in [0.3, 0.4) is 0 Å². The quantitative estimate of drug-likeness (QED) is 0.161. The van der Waals surface area contributed by atoms with E-state index >= 15 is 0 Å². The summed E-state index contributed by atoms with van der Waals surface area (Å²) in [5.41, 5.74) is 5.12. The molecule has 4 bridgehead atoms. The number of rotatable bonds is 8. The summed E-state index contributed by atoms with van der Waals surface area (Å²) in [6.07, 6.45) is 42.3. The van der Waals surface area contributed by atoms with Crippen molar-refractivity contribution in [3.05, 3.63) is 65.9 Å². The Balaban J connectivity index is 0.000000176. The summed E-state index contributed by atoms with van der Waals surface area (Å²) < 4.78 is 29.3. The first-order chi connectivity index (χ1) is 33.9. The van der Waals surface area contributed by atoms with Gasteiger partial charge in [-0.25, -0.2) is 0 Å². The molecule has 6 heterocycles. The van der Waals surface area contributed by atoms with E-state index in [-0.39, 0.29) is 17.9 Å². The van der Waals surface area contributed by atoms with Gasteiger partial charge < -0.3 is 18.9 Å². The van der Waals surface area contributed by atoms with Gasteiger partial charge >= 0.3 is 34.4 Å². The van der Waals surface area contributed by atoms with Gasteiger partial charge in [0.15, 0.2) is 0 Å². The molecule has 2 saturated carbocycles. The van der Waals surface area contributed by atoms with Crippen LogP contribution in [-0.4, -0.2) is 89.4 Å². The fourth-order valence-corrected chi connectivity index (χ4v) is 14.9. The third kappa shape index (κ3) is 13.2. The van der Waals surface area contributed by atoms with Crippen molar-refractivity contribution in [2.75, 3.05) is 25.7 Å². The number of carbonyl (C=O) groups is 2. The SMILES string of the molecule is COC(=O)CC1CN(C2C[C@H]3CCC[C@@H](C2)N3C2CCCCCCCCC2)c2ccccc21.COC(=O)Cc1cn(C2C[C@H]3CCC[C@@H](C2)N3C2CCCCCCCCC2)c2ccccc12.[O]=[Mn]=[O]. The van der Waals surface area contributed by atoms with Gasteiger partial charge in [0.05, 0.1) is 27.1 Å². The summed E-state index contributed by atoms with van der Waals surface area (Å²) in [5, 5.41) is 1.21. The van der Waals surface area contributed by atoms with Crippen LogP contribution >= 0.6 is 0 Å². The normalized spacial score (nSPS) is 28.7. The van der Waals surface area contributed by atoms with Crippen LogP contribution in [0.5, 0.6) is 0 Å². The Kier molecular flexibility index (Phi) is 20.0. The van der Waals surface area contributed by atoms with Gasteiger partial charge in [0.1, 0.15) is 0 Å². The first-order valence-electron chi connectivity index (χ1n) is 27.9. The second-order valence-electron chi connectivity index (χ2n) is 22.1. The molecule has 3 unspecified atom stereocenters. The van der Waals surface area contributed by atoms with Crippen molar-refractivity contribution in [1.82, 2.24) is 14.4 Å². The van der Waals surface area contributed by atoms with E-state index in [1.165, 1.54) is 216 Å². The molecule has 11 heteroatoms. The number of fused-ring (bicyclic) bond motifs is 6. The molecule has 7 aliphatic rings. The Labute approximate surface area is 420 Å². The number of para-hydroxylation sites is 2. The number of benzene rings is 2. The summed E-state index contributed by atoms with van der Waals surface area (Å²) in [6, 6.07) is 23.2. The molecule has 2 aromatic carbocycles. The van der Waals surface area contributed by atoms with Gasteiger partial charge in [-0.2, -0.15) is 0 Å². The zero-order valence-corrected chi connectivity index (χ0v) is 43.6. The average molecular weight is 990 g/mol. The van der Waals surface area contributed by atoms with Crippen LogP contribution in [0.2, 0.25) is 0 Å². The summed E-state index contributed by atoms with van der Waals surface area (Å²) in [6.45, 7) is 0.974. The van der Waals surface area contributed by atoms with Gasteiger partial charge in [-0.05, 0) is 100 Å². The van der Waals surface area contributed by atoms with Crippen molar-refractivity contribution < 1.29 is 41.6 Å². The number of anilines is 1. The van der Waals surface area contributed by atoms with Gasteiger partial charge in [-0.3, -0.25) is 19.4 Å². The minimum atomic E-state index is -1.44. The molecule has 1 aromatic heterocycles. The van der Waals surface area contributed by atoms with Crippen LogP contribution < -0.4 is 4.90 Å². The molecule has 10 rings (SSSR count). The van der Waals surface area contributed by atoms with E-state index in [1.54, 1.807) is 0 Å². The van der Waals surface area contributed by atoms with Gasteiger partial charge in [-0.1, -0.05) is 139 Å². The van der Waals surface area contributed by atoms with Crippen molar-refractivity contribution in [3.8, 4) is 0 Å². The molecule has 5 aliphatic heterocycles. The Bertz CT molecular complexity index is 2070. The van der Waals surface area contributed by atoms with Crippen LogP contribution in [0.15, 0.2) is 54.7 Å². The zero-order chi connectivity index (χ0) is 48.0. The number of piperidine rings is 4. The van der Waals surface area contributed by atoms with Crippen LogP contribution in [0.1, 0.15) is 209 Å². The number of carbonyl (C=O) groups excluding carboxylic acids is 2. The van der Waals surface area contributed by atoms with Crippen molar-refractivity contribution in [3.63, 3.8) is 0 Å². The molecule has 381 valence electrons. The number of hydrogen-bond donors (Lipinski definition) is 0. The van der Waals surface area contributed by atoms with Gasteiger partial charge in [-0.15, -0.1) is 0 Å². The van der Waals surface area contributed by atoms with E-state index in [4.69, 9.17) is 17.1 Å². The predicted octanol–water partition coefficient (Wildman–Crippen LogP) is 13.0. The Morgan fingerprint density at radius 1 is 0.522 bits per heavy atom. The third-order valence-corrected chi connectivity index (χ3v) is 18.0. The monoisotopic (exact) mass is 990 g/mol. The van der Waals surface area contributed by atoms with Crippen molar-refractivity contribution >= 4 is 28.5 Å². The van der Waals surface area contributed by atoms with Gasteiger partial charge in [0.2, 0.25) is 0 Å². The first kappa shape index (κ1) is 52.1. The summed E-state index contributed by atoms with van der Waals surface area (Å²) in [7, 11) is 2.99. The molecule has 10 nitrogen and oxygen atoms in total. The topological polar surface area (TPSA) is 101 Å². The Morgan fingerprint density at radius 2 is 0.957 bits per heavy atom. The molecule has 0 N–H and O–H groups in total. The molecule has 2 aliphatic carbocycles. The zero-order valence-electron chi connectivity index (χ0n) is 42.4. The molecule has 0 radical (unpaired) electrons. The second kappa shape index (κ2) is 26.5. The molecular weight excluding hydrogens is 904 g/mol. The molecule has 0 spiro atoms. The summed E-state index contributed by atoms with van der Waals surface area (Å²) in [4.78, 5) is 32.9. The van der Waals surface area contributed by atoms with Crippen LogP contribution in [0.4, 0.5) is 5.69 Å². The van der Waals surface area contributed by atoms with Crippen LogP contribution in [0, 0.1) is 0 Å². The van der Waals surface area contributed by atoms with Crippen molar-refractivity contribution in [1.29, 1.82) is 0 Å². The summed E-state index contributed by atoms with van der Waals surface area (Å²) in [5.74, 6) is 0.0322. The third-order valence-electron chi connectivity index (χ3n) is 18.0. The van der Waals surface area contributed by atoms with E-state index in [0.717, 1.165) is 48.4 Å². The van der Waals surface area contributed by atoms with Gasteiger partial charge in [0.25, 0.3) is 0 Å².